The van der Waals surface area contributed by atoms with E-state index in [4.69, 9.17) is 0 Å². The third-order valence-corrected chi connectivity index (χ3v) is 2.63. The lowest BCUT2D eigenvalue weighted by Crippen LogP contribution is -2.29. The summed E-state index contributed by atoms with van der Waals surface area (Å²) in [6.45, 7) is 6.95. The van der Waals surface area contributed by atoms with Crippen molar-refractivity contribution in [3.63, 3.8) is 0 Å². The van der Waals surface area contributed by atoms with Crippen LogP contribution in [0, 0.1) is 5.92 Å². The summed E-state index contributed by atoms with van der Waals surface area (Å²) in [7, 11) is 1.91. The van der Waals surface area contributed by atoms with Crippen LogP contribution in [0.4, 0.5) is 0 Å². The Bertz CT molecular complexity index is 309. The van der Waals surface area contributed by atoms with E-state index in [2.05, 4.69) is 31.2 Å². The molecule has 2 unspecified atom stereocenters. The average Bonchev–Trinajstić information content (AvgIpc) is 2.60. The molecule has 0 bridgehead atoms. The molecule has 1 aromatic heterocycles. The lowest BCUT2D eigenvalue weighted by atomic mass is 10.1. The van der Waals surface area contributed by atoms with Gasteiger partial charge in [0.25, 0.3) is 0 Å². The molecule has 0 radical (unpaired) electrons. The zero-order chi connectivity index (χ0) is 12.1. The second-order valence-electron chi connectivity index (χ2n) is 4.86. The fourth-order valence-corrected chi connectivity index (χ4v) is 1.72. The summed E-state index contributed by atoms with van der Waals surface area (Å²) >= 11 is 0. The van der Waals surface area contributed by atoms with Gasteiger partial charge in [0, 0.05) is 31.4 Å². The first-order chi connectivity index (χ1) is 7.49. The number of nitrogens with one attached hydrogen (secondary N) is 1. The van der Waals surface area contributed by atoms with Crippen molar-refractivity contribution in [1.82, 2.24) is 15.1 Å². The van der Waals surface area contributed by atoms with Gasteiger partial charge in [0.1, 0.15) is 0 Å². The Morgan fingerprint density at radius 1 is 1.44 bits per heavy atom. The summed E-state index contributed by atoms with van der Waals surface area (Å²) in [5, 5.41) is 17.2. The van der Waals surface area contributed by atoms with E-state index in [1.165, 1.54) is 0 Å². The Balaban J connectivity index is 2.32. The van der Waals surface area contributed by atoms with Crippen molar-refractivity contribution in [1.29, 1.82) is 0 Å². The minimum Gasteiger partial charge on any atom is -0.392 e. The molecule has 4 heteroatoms. The molecule has 1 heterocycles. The Labute approximate surface area is 97.7 Å². The number of aliphatic hydroxyl groups excluding tert-OH is 1. The second kappa shape index (κ2) is 6.01. The van der Waals surface area contributed by atoms with Crippen LogP contribution in [-0.4, -0.2) is 27.5 Å². The standard InChI is InChI=1S/C12H23N3O/c1-9(2)5-12(16)7-13-10(3)11-6-14-15(4)8-11/h6,8-10,12-13,16H,5,7H2,1-4H3. The van der Waals surface area contributed by atoms with Gasteiger partial charge < -0.3 is 10.4 Å². The molecule has 16 heavy (non-hydrogen) atoms. The van der Waals surface area contributed by atoms with Crippen molar-refractivity contribution in [3.05, 3.63) is 18.0 Å². The normalized spacial score (nSPS) is 15.4. The summed E-state index contributed by atoms with van der Waals surface area (Å²) in [6, 6.07) is 0.232. The molecule has 0 aliphatic carbocycles. The highest BCUT2D eigenvalue weighted by Crippen LogP contribution is 2.11. The van der Waals surface area contributed by atoms with E-state index >= 15 is 0 Å². The molecule has 0 aromatic carbocycles. The van der Waals surface area contributed by atoms with Crippen LogP contribution in [0.5, 0.6) is 0 Å². The topological polar surface area (TPSA) is 50.1 Å². The molecule has 0 fully saturated rings. The van der Waals surface area contributed by atoms with E-state index in [9.17, 15) is 5.11 Å². The molecule has 1 aromatic rings. The lowest BCUT2D eigenvalue weighted by molar-refractivity contribution is 0.143. The first kappa shape index (κ1) is 13.2. The first-order valence-corrected chi connectivity index (χ1v) is 5.89. The molecule has 1 rings (SSSR count). The summed E-state index contributed by atoms with van der Waals surface area (Å²) in [5.74, 6) is 0.533. The fraction of sp³-hybridized carbons (Fsp3) is 0.750. The van der Waals surface area contributed by atoms with Crippen LogP contribution in [0.25, 0.3) is 0 Å². The van der Waals surface area contributed by atoms with Crippen molar-refractivity contribution in [3.8, 4) is 0 Å². The van der Waals surface area contributed by atoms with Gasteiger partial charge in [-0.2, -0.15) is 5.10 Å². The Hall–Kier alpha value is -0.870. The average molecular weight is 225 g/mol. The minimum absolute atomic E-state index is 0.232. The molecule has 4 nitrogen and oxygen atoms in total. The molecule has 0 spiro atoms. The number of rotatable bonds is 6. The molecule has 2 N–H and O–H groups in total. The van der Waals surface area contributed by atoms with E-state index in [1.807, 2.05) is 19.4 Å². The molecular formula is C12H23N3O. The summed E-state index contributed by atoms with van der Waals surface area (Å²) < 4.78 is 1.79. The maximum Gasteiger partial charge on any atom is 0.0667 e. The fourth-order valence-electron chi connectivity index (χ4n) is 1.72. The third-order valence-electron chi connectivity index (χ3n) is 2.63. The van der Waals surface area contributed by atoms with E-state index in [1.54, 1.807) is 4.68 Å². The second-order valence-corrected chi connectivity index (χ2v) is 4.86. The van der Waals surface area contributed by atoms with Gasteiger partial charge in [-0.15, -0.1) is 0 Å². The van der Waals surface area contributed by atoms with Gasteiger partial charge in [0.2, 0.25) is 0 Å². The monoisotopic (exact) mass is 225 g/mol. The largest absolute Gasteiger partial charge is 0.392 e. The molecule has 0 aliphatic rings. The van der Waals surface area contributed by atoms with Crippen molar-refractivity contribution in [2.45, 2.75) is 39.3 Å². The number of aromatic nitrogens is 2. The van der Waals surface area contributed by atoms with Crippen molar-refractivity contribution in [2.24, 2.45) is 13.0 Å². The van der Waals surface area contributed by atoms with E-state index in [-0.39, 0.29) is 12.1 Å². The van der Waals surface area contributed by atoms with Gasteiger partial charge in [-0.3, -0.25) is 4.68 Å². The van der Waals surface area contributed by atoms with Crippen LogP contribution in [0.3, 0.4) is 0 Å². The van der Waals surface area contributed by atoms with Crippen molar-refractivity contribution in [2.75, 3.05) is 6.54 Å². The highest BCUT2D eigenvalue weighted by Gasteiger charge is 2.11. The predicted molar refractivity (Wildman–Crippen MR) is 65.1 cm³/mol. The smallest absolute Gasteiger partial charge is 0.0667 e. The van der Waals surface area contributed by atoms with E-state index in [0.717, 1.165) is 12.0 Å². The minimum atomic E-state index is -0.265. The summed E-state index contributed by atoms with van der Waals surface area (Å²) in [6.07, 6.45) is 4.42. The first-order valence-electron chi connectivity index (χ1n) is 5.89. The van der Waals surface area contributed by atoms with Gasteiger partial charge in [-0.1, -0.05) is 13.8 Å². The van der Waals surface area contributed by atoms with E-state index in [0.29, 0.717) is 12.5 Å². The SMILES string of the molecule is CC(C)CC(O)CNC(C)c1cnn(C)c1. The predicted octanol–water partition coefficient (Wildman–Crippen LogP) is 1.48. The van der Waals surface area contributed by atoms with Gasteiger partial charge in [-0.25, -0.2) is 0 Å². The Morgan fingerprint density at radius 2 is 2.12 bits per heavy atom. The Kier molecular flexibility index (Phi) is 4.96. The maximum absolute atomic E-state index is 9.74. The van der Waals surface area contributed by atoms with Crippen LogP contribution >= 0.6 is 0 Å². The molecule has 0 aliphatic heterocycles. The summed E-state index contributed by atoms with van der Waals surface area (Å²) in [4.78, 5) is 0. The van der Waals surface area contributed by atoms with Crippen LogP contribution in [0.1, 0.15) is 38.8 Å². The summed E-state index contributed by atoms with van der Waals surface area (Å²) in [5.41, 5.74) is 1.15. The quantitative estimate of drug-likeness (QED) is 0.771. The Morgan fingerprint density at radius 3 is 2.62 bits per heavy atom. The number of aliphatic hydroxyl groups is 1. The number of hydrogen-bond donors (Lipinski definition) is 2. The third kappa shape index (κ3) is 4.33. The number of hydrogen-bond acceptors (Lipinski definition) is 3. The lowest BCUT2D eigenvalue weighted by Gasteiger charge is -2.17. The molecule has 92 valence electrons. The molecule has 0 saturated heterocycles. The van der Waals surface area contributed by atoms with Gasteiger partial charge >= 0.3 is 0 Å². The van der Waals surface area contributed by atoms with E-state index < -0.39 is 0 Å². The van der Waals surface area contributed by atoms with Crippen molar-refractivity contribution < 1.29 is 5.11 Å². The van der Waals surface area contributed by atoms with Crippen molar-refractivity contribution >= 4 is 0 Å². The number of aryl methyl sites for hydroxylation is 1. The van der Waals surface area contributed by atoms with Crippen LogP contribution in [-0.2, 0) is 7.05 Å². The van der Waals surface area contributed by atoms with Gasteiger partial charge in [0.05, 0.1) is 12.3 Å². The maximum atomic E-state index is 9.74. The van der Waals surface area contributed by atoms with Crippen LogP contribution in [0.15, 0.2) is 12.4 Å². The highest BCUT2D eigenvalue weighted by atomic mass is 16.3. The molecule has 2 atom stereocenters. The molecule has 0 amide bonds. The van der Waals surface area contributed by atoms with Gasteiger partial charge in [0.15, 0.2) is 0 Å². The zero-order valence-corrected chi connectivity index (χ0v) is 10.6. The van der Waals surface area contributed by atoms with Crippen LogP contribution in [0.2, 0.25) is 0 Å². The molecule has 0 saturated carbocycles. The number of nitrogens with zero attached hydrogens (tertiary/aromatic N) is 2. The molecular weight excluding hydrogens is 202 g/mol. The van der Waals surface area contributed by atoms with Crippen LogP contribution < -0.4 is 5.32 Å². The highest BCUT2D eigenvalue weighted by molar-refractivity contribution is 5.08. The zero-order valence-electron chi connectivity index (χ0n) is 10.6. The van der Waals surface area contributed by atoms with Gasteiger partial charge in [-0.05, 0) is 19.3 Å².